The van der Waals surface area contributed by atoms with Gasteiger partial charge in [0.1, 0.15) is 0 Å². The van der Waals surface area contributed by atoms with Crippen LogP contribution in [0.1, 0.15) is 17.3 Å². The molecule has 0 spiro atoms. The second-order valence-electron chi connectivity index (χ2n) is 5.52. The second-order valence-corrected chi connectivity index (χ2v) is 6.49. The molecule has 8 heteroatoms. The third kappa shape index (κ3) is 4.73. The molecule has 1 aromatic heterocycles. The summed E-state index contributed by atoms with van der Waals surface area (Å²) in [5, 5.41) is 3.62. The fraction of sp³-hybridized carbons (Fsp3) is 0.158. The highest BCUT2D eigenvalue weighted by molar-refractivity contribution is 7.99. The minimum Gasteiger partial charge on any atom is -0.462 e. The van der Waals surface area contributed by atoms with E-state index in [-0.39, 0.29) is 17.2 Å². The maximum absolute atomic E-state index is 12.1. The van der Waals surface area contributed by atoms with Crippen LogP contribution in [0.3, 0.4) is 0 Å². The lowest BCUT2D eigenvalue weighted by atomic mass is 10.2. The Bertz CT molecular complexity index is 1030. The van der Waals surface area contributed by atoms with Crippen molar-refractivity contribution in [3.63, 3.8) is 0 Å². The summed E-state index contributed by atoms with van der Waals surface area (Å²) in [5.74, 6) is -0.571. The first-order chi connectivity index (χ1) is 13.1. The quantitative estimate of drug-likeness (QED) is 0.386. The number of aromatic nitrogens is 2. The third-order valence-electron chi connectivity index (χ3n) is 3.61. The van der Waals surface area contributed by atoms with Gasteiger partial charge in [0.25, 0.3) is 5.56 Å². The van der Waals surface area contributed by atoms with Crippen LogP contribution in [0.5, 0.6) is 0 Å². The number of carbonyl (C=O) groups is 2. The lowest BCUT2D eigenvalue weighted by molar-refractivity contribution is -0.113. The van der Waals surface area contributed by atoms with Crippen LogP contribution in [0.15, 0.2) is 58.5 Å². The molecule has 7 nitrogen and oxygen atoms in total. The van der Waals surface area contributed by atoms with Gasteiger partial charge in [0.15, 0.2) is 5.16 Å². The SMILES string of the molecule is CCOC(=O)c1ccc(NC(=O)CSc2nc3ccccc3c(=O)[nH]2)cc1. The molecule has 0 aliphatic heterocycles. The number of fused-ring (bicyclic) bond motifs is 1. The predicted molar refractivity (Wildman–Crippen MR) is 104 cm³/mol. The number of anilines is 1. The van der Waals surface area contributed by atoms with Crippen molar-refractivity contribution in [3.05, 3.63) is 64.4 Å². The number of carbonyl (C=O) groups excluding carboxylic acids is 2. The molecule has 2 aromatic carbocycles. The summed E-state index contributed by atoms with van der Waals surface area (Å²) in [5.41, 5.74) is 1.33. The summed E-state index contributed by atoms with van der Waals surface area (Å²) in [4.78, 5) is 42.7. The number of H-pyrrole nitrogens is 1. The van der Waals surface area contributed by atoms with Crippen molar-refractivity contribution in [2.24, 2.45) is 0 Å². The molecule has 0 saturated heterocycles. The Hall–Kier alpha value is -3.13. The predicted octanol–water partition coefficient (Wildman–Crippen LogP) is 2.83. The molecule has 0 radical (unpaired) electrons. The van der Waals surface area contributed by atoms with Gasteiger partial charge in [-0.15, -0.1) is 0 Å². The molecule has 0 aliphatic rings. The Morgan fingerprint density at radius 2 is 1.89 bits per heavy atom. The fourth-order valence-corrected chi connectivity index (χ4v) is 3.04. The second kappa shape index (κ2) is 8.50. The Labute approximate surface area is 159 Å². The summed E-state index contributed by atoms with van der Waals surface area (Å²) >= 11 is 1.14. The number of rotatable bonds is 6. The zero-order valence-electron chi connectivity index (χ0n) is 14.5. The maximum Gasteiger partial charge on any atom is 0.338 e. The number of aromatic amines is 1. The molecule has 2 N–H and O–H groups in total. The standard InChI is InChI=1S/C19H17N3O4S/c1-2-26-18(25)12-7-9-13(10-8-12)20-16(23)11-27-19-21-15-6-4-3-5-14(15)17(24)22-19/h3-10H,2,11H2,1H3,(H,20,23)(H,21,22,24). The summed E-state index contributed by atoms with van der Waals surface area (Å²) in [6.07, 6.45) is 0. The van der Waals surface area contributed by atoms with Gasteiger partial charge in [0, 0.05) is 5.69 Å². The van der Waals surface area contributed by atoms with Crippen LogP contribution in [0.25, 0.3) is 10.9 Å². The molecule has 0 fully saturated rings. The fourth-order valence-electron chi connectivity index (χ4n) is 2.37. The highest BCUT2D eigenvalue weighted by atomic mass is 32.2. The van der Waals surface area contributed by atoms with E-state index in [1.54, 1.807) is 55.5 Å². The van der Waals surface area contributed by atoms with E-state index in [9.17, 15) is 14.4 Å². The van der Waals surface area contributed by atoms with Crippen LogP contribution < -0.4 is 10.9 Å². The zero-order valence-corrected chi connectivity index (χ0v) is 15.3. The van der Waals surface area contributed by atoms with E-state index in [2.05, 4.69) is 15.3 Å². The van der Waals surface area contributed by atoms with Crippen molar-refractivity contribution in [3.8, 4) is 0 Å². The molecule has 0 saturated carbocycles. The summed E-state index contributed by atoms with van der Waals surface area (Å²) in [7, 11) is 0. The molecule has 1 heterocycles. The Kier molecular flexibility index (Phi) is 5.87. The number of benzene rings is 2. The molecular formula is C19H17N3O4S. The number of nitrogens with one attached hydrogen (secondary N) is 2. The largest absolute Gasteiger partial charge is 0.462 e. The number of esters is 1. The molecule has 0 bridgehead atoms. The van der Waals surface area contributed by atoms with Gasteiger partial charge in [-0.2, -0.15) is 0 Å². The van der Waals surface area contributed by atoms with Crippen LogP contribution >= 0.6 is 11.8 Å². The lowest BCUT2D eigenvalue weighted by Gasteiger charge is -2.07. The van der Waals surface area contributed by atoms with Gasteiger partial charge in [-0.05, 0) is 43.3 Å². The van der Waals surface area contributed by atoms with Gasteiger partial charge < -0.3 is 15.0 Å². The number of amides is 1. The van der Waals surface area contributed by atoms with Crippen molar-refractivity contribution < 1.29 is 14.3 Å². The molecule has 3 aromatic rings. The molecule has 27 heavy (non-hydrogen) atoms. The van der Waals surface area contributed by atoms with Crippen LogP contribution in [0.4, 0.5) is 5.69 Å². The summed E-state index contributed by atoms with van der Waals surface area (Å²) in [6.45, 7) is 2.04. The summed E-state index contributed by atoms with van der Waals surface area (Å²) in [6, 6.07) is 13.5. The number of nitrogens with zero attached hydrogens (tertiary/aromatic N) is 1. The topological polar surface area (TPSA) is 101 Å². The number of hydrogen-bond acceptors (Lipinski definition) is 6. The first-order valence-corrected chi connectivity index (χ1v) is 9.24. The van der Waals surface area contributed by atoms with Crippen LogP contribution in [-0.2, 0) is 9.53 Å². The van der Waals surface area contributed by atoms with Gasteiger partial charge in [-0.1, -0.05) is 23.9 Å². The normalized spacial score (nSPS) is 10.6. The summed E-state index contributed by atoms with van der Waals surface area (Å²) < 4.78 is 4.91. The van der Waals surface area contributed by atoms with Gasteiger partial charge in [-0.25, -0.2) is 9.78 Å². The van der Waals surface area contributed by atoms with E-state index in [1.807, 2.05) is 0 Å². The van der Waals surface area contributed by atoms with Crippen LogP contribution in [0, 0.1) is 0 Å². The van der Waals surface area contributed by atoms with Crippen LogP contribution in [-0.4, -0.2) is 34.2 Å². The average Bonchev–Trinajstić information content (AvgIpc) is 2.67. The first-order valence-electron chi connectivity index (χ1n) is 8.25. The molecular weight excluding hydrogens is 366 g/mol. The van der Waals surface area contributed by atoms with E-state index in [0.29, 0.717) is 33.9 Å². The number of ether oxygens (including phenoxy) is 1. The molecule has 0 unspecified atom stereocenters. The van der Waals surface area contributed by atoms with Crippen molar-refractivity contribution in [2.75, 3.05) is 17.7 Å². The van der Waals surface area contributed by atoms with E-state index in [4.69, 9.17) is 4.74 Å². The number of para-hydroxylation sites is 1. The van der Waals surface area contributed by atoms with Crippen LogP contribution in [0.2, 0.25) is 0 Å². The van der Waals surface area contributed by atoms with Gasteiger partial charge in [0.05, 0.1) is 28.8 Å². The zero-order chi connectivity index (χ0) is 19.2. The van der Waals surface area contributed by atoms with E-state index in [1.165, 1.54) is 0 Å². The van der Waals surface area contributed by atoms with E-state index >= 15 is 0 Å². The molecule has 0 atom stereocenters. The molecule has 1 amide bonds. The van der Waals surface area contributed by atoms with Gasteiger partial charge in [0.2, 0.25) is 5.91 Å². The van der Waals surface area contributed by atoms with Crippen molar-refractivity contribution >= 4 is 40.2 Å². The van der Waals surface area contributed by atoms with Crippen molar-refractivity contribution in [1.82, 2.24) is 9.97 Å². The minimum atomic E-state index is -0.405. The Morgan fingerprint density at radius 1 is 1.15 bits per heavy atom. The number of hydrogen-bond donors (Lipinski definition) is 2. The molecule has 3 rings (SSSR count). The molecule has 138 valence electrons. The van der Waals surface area contributed by atoms with Gasteiger partial charge >= 0.3 is 5.97 Å². The highest BCUT2D eigenvalue weighted by Gasteiger charge is 2.09. The third-order valence-corrected chi connectivity index (χ3v) is 4.48. The Morgan fingerprint density at radius 3 is 2.63 bits per heavy atom. The molecule has 0 aliphatic carbocycles. The Balaban J connectivity index is 1.60. The van der Waals surface area contributed by atoms with Crippen molar-refractivity contribution in [2.45, 2.75) is 12.1 Å². The highest BCUT2D eigenvalue weighted by Crippen LogP contribution is 2.16. The van der Waals surface area contributed by atoms with Gasteiger partial charge in [-0.3, -0.25) is 9.59 Å². The van der Waals surface area contributed by atoms with E-state index in [0.717, 1.165) is 11.8 Å². The van der Waals surface area contributed by atoms with Crippen molar-refractivity contribution in [1.29, 1.82) is 0 Å². The smallest absolute Gasteiger partial charge is 0.338 e. The maximum atomic E-state index is 12.1. The van der Waals surface area contributed by atoms with E-state index < -0.39 is 5.97 Å². The number of thioether (sulfide) groups is 1. The first kappa shape index (κ1) is 18.7. The minimum absolute atomic E-state index is 0.0842. The lowest BCUT2D eigenvalue weighted by Crippen LogP contribution is -2.15. The monoisotopic (exact) mass is 383 g/mol. The average molecular weight is 383 g/mol.